The molecule has 0 fully saturated rings. The highest BCUT2D eigenvalue weighted by Crippen LogP contribution is 2.16. The fraction of sp³-hybridized carbons (Fsp3) is 0.900. The monoisotopic (exact) mass is 341 g/mol. The molecular weight excluding hydrogens is 302 g/mol. The summed E-state index contributed by atoms with van der Waals surface area (Å²) in [6, 6.07) is 0. The summed E-state index contributed by atoms with van der Waals surface area (Å²) in [7, 11) is 3.63. The summed E-state index contributed by atoms with van der Waals surface area (Å²) in [4.78, 5) is 24.7. The van der Waals surface area contributed by atoms with E-state index >= 15 is 0 Å². The van der Waals surface area contributed by atoms with Gasteiger partial charge in [0, 0.05) is 20.5 Å². The third-order valence-electron chi connectivity index (χ3n) is 4.13. The van der Waals surface area contributed by atoms with E-state index in [1.54, 1.807) is 4.90 Å². The maximum absolute atomic E-state index is 11.6. The molecule has 0 saturated heterocycles. The van der Waals surface area contributed by atoms with Gasteiger partial charge in [-0.05, 0) is 33.6 Å². The van der Waals surface area contributed by atoms with Crippen LogP contribution in [0.4, 0.5) is 0 Å². The van der Waals surface area contributed by atoms with Crippen molar-refractivity contribution < 1.29 is 14.3 Å². The molecule has 142 valence electrons. The summed E-state index contributed by atoms with van der Waals surface area (Å²) in [5, 5.41) is 0. The van der Waals surface area contributed by atoms with Gasteiger partial charge in [-0.15, -0.1) is 0 Å². The van der Waals surface area contributed by atoms with E-state index in [9.17, 15) is 9.59 Å². The lowest BCUT2D eigenvalue weighted by molar-refractivity contribution is -0.153. The number of unbranched alkanes of at least 4 members (excludes halogenated alkanes) is 9. The number of nitrogens with zero attached hydrogens (tertiary/aromatic N) is 1. The third kappa shape index (κ3) is 13.4. The lowest BCUT2D eigenvalue weighted by atomic mass is 9.97. The fourth-order valence-electron chi connectivity index (χ4n) is 2.40. The van der Waals surface area contributed by atoms with Gasteiger partial charge in [0.15, 0.2) is 0 Å². The average molecular weight is 342 g/mol. The fourth-order valence-corrected chi connectivity index (χ4v) is 2.40. The summed E-state index contributed by atoms with van der Waals surface area (Å²) in [5.41, 5.74) is -0.389. The second-order valence-electron chi connectivity index (χ2n) is 7.96. The first-order valence-electron chi connectivity index (χ1n) is 9.62. The Morgan fingerprint density at radius 2 is 1.17 bits per heavy atom. The molecule has 0 heterocycles. The smallest absolute Gasteiger partial charge is 0.311 e. The molecule has 0 aromatic carbocycles. The number of carbonyl (C=O) groups excluding carboxylic acids is 2. The van der Waals surface area contributed by atoms with Gasteiger partial charge >= 0.3 is 5.97 Å². The summed E-state index contributed by atoms with van der Waals surface area (Å²) in [6.45, 7) is 6.21. The second kappa shape index (κ2) is 13.3. The molecule has 0 saturated carbocycles. The van der Waals surface area contributed by atoms with Crippen LogP contribution in [0.25, 0.3) is 0 Å². The summed E-state index contributed by atoms with van der Waals surface area (Å²) in [5.74, 6) is 0.137. The number of amides is 1. The Bertz CT molecular complexity index is 345. The average Bonchev–Trinajstić information content (AvgIpc) is 2.50. The molecule has 0 bridgehead atoms. The van der Waals surface area contributed by atoms with E-state index in [-0.39, 0.29) is 17.3 Å². The van der Waals surface area contributed by atoms with Gasteiger partial charge in [0.2, 0.25) is 5.91 Å². The molecule has 4 heteroatoms. The largest absolute Gasteiger partial charge is 0.465 e. The summed E-state index contributed by atoms with van der Waals surface area (Å²) in [6.07, 6.45) is 12.6. The zero-order chi connectivity index (χ0) is 18.4. The van der Waals surface area contributed by atoms with Crippen LogP contribution in [0.5, 0.6) is 0 Å². The molecule has 0 aliphatic heterocycles. The van der Waals surface area contributed by atoms with Crippen molar-refractivity contribution in [2.24, 2.45) is 5.41 Å². The topological polar surface area (TPSA) is 46.6 Å². The normalized spacial score (nSPS) is 11.4. The summed E-state index contributed by atoms with van der Waals surface area (Å²) >= 11 is 0. The number of rotatable bonds is 13. The standard InChI is InChI=1S/C20H39NO3/c1-20(2,3)19(23)24-17-15-13-11-9-7-6-8-10-12-14-16-18(22)21(4)5/h6-17H2,1-5H3. The zero-order valence-electron chi connectivity index (χ0n) is 16.7. The molecule has 24 heavy (non-hydrogen) atoms. The van der Waals surface area contributed by atoms with Crippen molar-refractivity contribution in [3.05, 3.63) is 0 Å². The van der Waals surface area contributed by atoms with Crippen molar-refractivity contribution in [3.63, 3.8) is 0 Å². The number of carbonyl (C=O) groups is 2. The van der Waals surface area contributed by atoms with Crippen molar-refractivity contribution in [2.75, 3.05) is 20.7 Å². The predicted molar refractivity (Wildman–Crippen MR) is 99.9 cm³/mol. The molecule has 1 amide bonds. The minimum Gasteiger partial charge on any atom is -0.465 e. The van der Waals surface area contributed by atoms with E-state index in [0.29, 0.717) is 13.0 Å². The Morgan fingerprint density at radius 1 is 0.750 bits per heavy atom. The van der Waals surface area contributed by atoms with E-state index in [0.717, 1.165) is 19.3 Å². The highest BCUT2D eigenvalue weighted by molar-refractivity contribution is 5.75. The van der Waals surface area contributed by atoms with Crippen LogP contribution in [0.1, 0.15) is 91.4 Å². The van der Waals surface area contributed by atoms with Crippen LogP contribution in [0.3, 0.4) is 0 Å². The number of hydrogen-bond donors (Lipinski definition) is 0. The van der Waals surface area contributed by atoms with Gasteiger partial charge in [-0.3, -0.25) is 9.59 Å². The maximum atomic E-state index is 11.6. The minimum atomic E-state index is -0.389. The van der Waals surface area contributed by atoms with Gasteiger partial charge in [0.05, 0.1) is 12.0 Å². The van der Waals surface area contributed by atoms with Crippen LogP contribution in [0.15, 0.2) is 0 Å². The number of esters is 1. The first-order chi connectivity index (χ1) is 11.2. The maximum Gasteiger partial charge on any atom is 0.311 e. The first kappa shape index (κ1) is 22.9. The van der Waals surface area contributed by atoms with Crippen molar-refractivity contribution in [1.82, 2.24) is 4.90 Å². The predicted octanol–water partition coefficient (Wildman–Crippen LogP) is 4.96. The lowest BCUT2D eigenvalue weighted by Gasteiger charge is -2.16. The highest BCUT2D eigenvalue weighted by Gasteiger charge is 2.22. The molecule has 0 aromatic heterocycles. The molecule has 0 atom stereocenters. The van der Waals surface area contributed by atoms with Crippen molar-refractivity contribution in [1.29, 1.82) is 0 Å². The van der Waals surface area contributed by atoms with Gasteiger partial charge in [0.1, 0.15) is 0 Å². The van der Waals surface area contributed by atoms with Crippen LogP contribution >= 0.6 is 0 Å². The Labute approximate surface area is 149 Å². The van der Waals surface area contributed by atoms with Gasteiger partial charge in [-0.1, -0.05) is 51.4 Å². The Balaban J connectivity index is 3.24. The molecule has 0 radical (unpaired) electrons. The Kier molecular flexibility index (Phi) is 12.7. The van der Waals surface area contributed by atoms with E-state index in [4.69, 9.17) is 4.74 Å². The molecule has 0 unspecified atom stereocenters. The van der Waals surface area contributed by atoms with Crippen LogP contribution < -0.4 is 0 Å². The summed E-state index contributed by atoms with van der Waals surface area (Å²) < 4.78 is 5.25. The van der Waals surface area contributed by atoms with Crippen molar-refractivity contribution in [3.8, 4) is 0 Å². The van der Waals surface area contributed by atoms with E-state index in [2.05, 4.69) is 0 Å². The molecular formula is C20H39NO3. The van der Waals surface area contributed by atoms with E-state index < -0.39 is 0 Å². The quantitative estimate of drug-likeness (QED) is 0.351. The van der Waals surface area contributed by atoms with Gasteiger partial charge in [-0.25, -0.2) is 0 Å². The van der Waals surface area contributed by atoms with Gasteiger partial charge in [-0.2, -0.15) is 0 Å². The molecule has 0 aliphatic rings. The first-order valence-corrected chi connectivity index (χ1v) is 9.62. The van der Waals surface area contributed by atoms with Crippen LogP contribution in [0, 0.1) is 5.41 Å². The molecule has 0 aromatic rings. The van der Waals surface area contributed by atoms with Crippen molar-refractivity contribution >= 4 is 11.9 Å². The number of hydrogen-bond acceptors (Lipinski definition) is 3. The number of ether oxygens (including phenoxy) is 1. The lowest BCUT2D eigenvalue weighted by Crippen LogP contribution is -2.23. The van der Waals surface area contributed by atoms with Crippen LogP contribution in [0.2, 0.25) is 0 Å². The van der Waals surface area contributed by atoms with Gasteiger partial charge < -0.3 is 9.64 Å². The zero-order valence-corrected chi connectivity index (χ0v) is 16.7. The molecule has 0 rings (SSSR count). The van der Waals surface area contributed by atoms with Gasteiger partial charge in [0.25, 0.3) is 0 Å². The third-order valence-corrected chi connectivity index (χ3v) is 4.13. The van der Waals surface area contributed by atoms with Crippen LogP contribution in [-0.4, -0.2) is 37.5 Å². The van der Waals surface area contributed by atoms with E-state index in [1.807, 2.05) is 34.9 Å². The van der Waals surface area contributed by atoms with Crippen LogP contribution in [-0.2, 0) is 14.3 Å². The Morgan fingerprint density at radius 3 is 1.58 bits per heavy atom. The Hall–Kier alpha value is -1.06. The highest BCUT2D eigenvalue weighted by atomic mass is 16.5. The molecule has 0 aliphatic carbocycles. The molecule has 0 spiro atoms. The second-order valence-corrected chi connectivity index (χ2v) is 7.96. The van der Waals surface area contributed by atoms with Crippen molar-refractivity contribution in [2.45, 2.75) is 91.4 Å². The SMILES string of the molecule is CN(C)C(=O)CCCCCCCCCCCCOC(=O)C(C)(C)C. The molecule has 0 N–H and O–H groups in total. The molecule has 4 nitrogen and oxygen atoms in total. The minimum absolute atomic E-state index is 0.102. The van der Waals surface area contributed by atoms with E-state index in [1.165, 1.54) is 44.9 Å².